The summed E-state index contributed by atoms with van der Waals surface area (Å²) in [7, 11) is 2.01. The number of benzene rings is 1. The van der Waals surface area contributed by atoms with Crippen molar-refractivity contribution < 1.29 is 4.79 Å². The van der Waals surface area contributed by atoms with Crippen molar-refractivity contribution in [2.45, 2.75) is 41.0 Å². The van der Waals surface area contributed by atoms with Crippen LogP contribution in [0.3, 0.4) is 0 Å². The molecule has 2 aromatic rings. The second-order valence-electron chi connectivity index (χ2n) is 7.07. The van der Waals surface area contributed by atoms with E-state index < -0.39 is 0 Å². The van der Waals surface area contributed by atoms with Gasteiger partial charge in [-0.25, -0.2) is 0 Å². The summed E-state index contributed by atoms with van der Waals surface area (Å²) in [5.74, 6) is 0.623. The van der Waals surface area contributed by atoms with Gasteiger partial charge in [-0.05, 0) is 29.9 Å². The van der Waals surface area contributed by atoms with Crippen molar-refractivity contribution in [2.24, 2.45) is 18.4 Å². The molecule has 0 spiro atoms. The average molecular weight is 271 g/mol. The van der Waals surface area contributed by atoms with E-state index in [0.29, 0.717) is 12.3 Å². The number of nitrogens with zero attached hydrogens (tertiary/aromatic N) is 1. The zero-order valence-electron chi connectivity index (χ0n) is 13.4. The molecule has 1 aromatic heterocycles. The van der Waals surface area contributed by atoms with Gasteiger partial charge < -0.3 is 4.57 Å². The van der Waals surface area contributed by atoms with E-state index >= 15 is 0 Å². The molecule has 0 N–H and O–H groups in total. The maximum atomic E-state index is 12.6. The molecule has 0 aliphatic carbocycles. The summed E-state index contributed by atoms with van der Waals surface area (Å²) >= 11 is 0. The van der Waals surface area contributed by atoms with Gasteiger partial charge in [0.15, 0.2) is 5.78 Å². The maximum absolute atomic E-state index is 12.6. The number of carbonyl (C=O) groups excluding carboxylic acids is 1. The molecule has 2 nitrogen and oxygen atoms in total. The van der Waals surface area contributed by atoms with E-state index in [1.54, 1.807) is 0 Å². The van der Waals surface area contributed by atoms with E-state index in [4.69, 9.17) is 0 Å². The van der Waals surface area contributed by atoms with Crippen LogP contribution in [0.1, 0.15) is 50.0 Å². The number of fused-ring (bicyclic) bond motifs is 1. The summed E-state index contributed by atoms with van der Waals surface area (Å²) in [6, 6.07) is 6.28. The first-order valence-electron chi connectivity index (χ1n) is 7.29. The Morgan fingerprint density at radius 3 is 2.55 bits per heavy atom. The first kappa shape index (κ1) is 14.8. The van der Waals surface area contributed by atoms with Crippen LogP contribution >= 0.6 is 0 Å². The molecule has 2 heteroatoms. The summed E-state index contributed by atoms with van der Waals surface area (Å²) in [6.07, 6.45) is 2.58. The largest absolute Gasteiger partial charge is 0.350 e. The van der Waals surface area contributed by atoms with Gasteiger partial charge >= 0.3 is 0 Å². The van der Waals surface area contributed by atoms with Gasteiger partial charge in [-0.3, -0.25) is 4.79 Å². The molecule has 0 radical (unpaired) electrons. The minimum atomic E-state index is 0.164. The number of hydrogen-bond donors (Lipinski definition) is 0. The molecule has 0 saturated heterocycles. The van der Waals surface area contributed by atoms with Gasteiger partial charge in [-0.1, -0.05) is 39.8 Å². The lowest BCUT2D eigenvalue weighted by Crippen LogP contribution is -2.20. The molecule has 0 aliphatic heterocycles. The number of Topliss-reactive ketones (excluding diaryl/α,β-unsaturated/α-hetero) is 1. The molecule has 1 atom stereocenters. The van der Waals surface area contributed by atoms with Crippen LogP contribution in [-0.4, -0.2) is 10.4 Å². The smallest absolute Gasteiger partial charge is 0.165 e. The number of ketones is 1. The molecule has 2 rings (SSSR count). The first-order chi connectivity index (χ1) is 9.20. The molecule has 1 heterocycles. The highest BCUT2D eigenvalue weighted by Gasteiger charge is 2.24. The van der Waals surface area contributed by atoms with E-state index in [1.807, 2.05) is 13.2 Å². The van der Waals surface area contributed by atoms with Gasteiger partial charge in [0.2, 0.25) is 0 Å². The van der Waals surface area contributed by atoms with E-state index in [-0.39, 0.29) is 11.2 Å². The van der Waals surface area contributed by atoms with Crippen molar-refractivity contribution in [3.63, 3.8) is 0 Å². The topological polar surface area (TPSA) is 22.0 Å². The lowest BCUT2D eigenvalue weighted by Gasteiger charge is -2.26. The van der Waals surface area contributed by atoms with Crippen LogP contribution in [-0.2, 0) is 7.05 Å². The molecule has 0 aliphatic rings. The molecule has 20 heavy (non-hydrogen) atoms. The van der Waals surface area contributed by atoms with Crippen LogP contribution in [0.2, 0.25) is 0 Å². The van der Waals surface area contributed by atoms with E-state index in [9.17, 15) is 4.79 Å². The second-order valence-corrected chi connectivity index (χ2v) is 7.07. The van der Waals surface area contributed by atoms with Crippen LogP contribution in [0.4, 0.5) is 0 Å². The van der Waals surface area contributed by atoms with Crippen LogP contribution in [0.25, 0.3) is 10.9 Å². The Morgan fingerprint density at radius 2 is 1.95 bits per heavy atom. The van der Waals surface area contributed by atoms with E-state index in [2.05, 4.69) is 57.4 Å². The molecule has 0 saturated carbocycles. The fourth-order valence-corrected chi connectivity index (χ4v) is 2.41. The van der Waals surface area contributed by atoms with E-state index in [1.165, 1.54) is 5.56 Å². The zero-order chi connectivity index (χ0) is 15.1. The number of hydrogen-bond acceptors (Lipinski definition) is 1. The third-order valence-corrected chi connectivity index (χ3v) is 4.42. The van der Waals surface area contributed by atoms with Gasteiger partial charge in [0, 0.05) is 36.1 Å². The average Bonchev–Trinajstić information content (AvgIpc) is 2.65. The highest BCUT2D eigenvalue weighted by Crippen LogP contribution is 2.31. The van der Waals surface area contributed by atoms with Crippen molar-refractivity contribution >= 4 is 16.7 Å². The Hall–Kier alpha value is -1.57. The fraction of sp³-hybridized carbons (Fsp3) is 0.500. The molecule has 108 valence electrons. The van der Waals surface area contributed by atoms with E-state index in [0.717, 1.165) is 16.5 Å². The first-order valence-corrected chi connectivity index (χ1v) is 7.29. The number of aryl methyl sites for hydroxylation is 2. The molecule has 0 amide bonds. The Kier molecular flexibility index (Phi) is 3.77. The van der Waals surface area contributed by atoms with Gasteiger partial charge in [-0.2, -0.15) is 0 Å². The van der Waals surface area contributed by atoms with Crippen LogP contribution in [0, 0.1) is 18.3 Å². The summed E-state index contributed by atoms with van der Waals surface area (Å²) in [4.78, 5) is 12.6. The molecule has 1 unspecified atom stereocenters. The third-order valence-electron chi connectivity index (χ3n) is 4.42. The van der Waals surface area contributed by atoms with Gasteiger partial charge in [-0.15, -0.1) is 0 Å². The summed E-state index contributed by atoms with van der Waals surface area (Å²) in [6.45, 7) is 10.8. The zero-order valence-corrected chi connectivity index (χ0v) is 13.4. The molecule has 0 bridgehead atoms. The normalized spacial score (nSPS) is 13.7. The maximum Gasteiger partial charge on any atom is 0.165 e. The van der Waals surface area contributed by atoms with Crippen LogP contribution in [0.15, 0.2) is 24.4 Å². The second kappa shape index (κ2) is 5.08. The van der Waals surface area contributed by atoms with Gasteiger partial charge in [0.1, 0.15) is 0 Å². The lowest BCUT2D eigenvalue weighted by atomic mass is 9.78. The fourth-order valence-electron chi connectivity index (χ4n) is 2.41. The Bertz CT molecular complexity index is 643. The van der Waals surface area contributed by atoms with Gasteiger partial charge in [0.05, 0.1) is 0 Å². The Balaban J connectivity index is 2.36. The minimum absolute atomic E-state index is 0.164. The van der Waals surface area contributed by atoms with Crippen LogP contribution in [0.5, 0.6) is 0 Å². The van der Waals surface area contributed by atoms with Crippen molar-refractivity contribution in [2.75, 3.05) is 0 Å². The SMILES string of the molecule is Cc1ccc2c(C(=O)CC(C)C(C)(C)C)cn(C)c2c1. The monoisotopic (exact) mass is 271 g/mol. The Morgan fingerprint density at radius 1 is 1.30 bits per heavy atom. The summed E-state index contributed by atoms with van der Waals surface area (Å²) < 4.78 is 2.05. The molecular weight excluding hydrogens is 246 g/mol. The van der Waals surface area contributed by atoms with Crippen molar-refractivity contribution in [3.05, 3.63) is 35.5 Å². The van der Waals surface area contributed by atoms with Crippen molar-refractivity contribution in [3.8, 4) is 0 Å². The number of rotatable bonds is 3. The predicted octanol–water partition coefficient (Wildman–Crippen LogP) is 4.74. The van der Waals surface area contributed by atoms with Gasteiger partial charge in [0.25, 0.3) is 0 Å². The number of carbonyl (C=O) groups is 1. The summed E-state index contributed by atoms with van der Waals surface area (Å²) in [5, 5.41) is 1.07. The number of aromatic nitrogens is 1. The summed E-state index contributed by atoms with van der Waals surface area (Å²) in [5.41, 5.74) is 3.38. The molecule has 0 fully saturated rings. The standard InChI is InChI=1S/C18H25NO/c1-12-7-8-14-15(11-19(6)16(14)9-12)17(20)10-13(2)18(3,4)5/h7-9,11,13H,10H2,1-6H3. The molecule has 1 aromatic carbocycles. The van der Waals surface area contributed by atoms with Crippen molar-refractivity contribution in [1.82, 2.24) is 4.57 Å². The van der Waals surface area contributed by atoms with Crippen molar-refractivity contribution in [1.29, 1.82) is 0 Å². The minimum Gasteiger partial charge on any atom is -0.350 e. The third kappa shape index (κ3) is 2.79. The molecular formula is C18H25NO. The quantitative estimate of drug-likeness (QED) is 0.739. The van der Waals surface area contributed by atoms with Crippen LogP contribution < -0.4 is 0 Å². The highest BCUT2D eigenvalue weighted by molar-refractivity contribution is 6.08. The Labute approximate surface area is 121 Å². The highest BCUT2D eigenvalue weighted by atomic mass is 16.1. The predicted molar refractivity (Wildman–Crippen MR) is 85.2 cm³/mol. The lowest BCUT2D eigenvalue weighted by molar-refractivity contribution is 0.0928.